The Morgan fingerprint density at radius 2 is 1.93 bits per heavy atom. The molecular formula is C12H20NS+. The summed E-state index contributed by atoms with van der Waals surface area (Å²) in [4.78, 5) is 1.59. The summed E-state index contributed by atoms with van der Waals surface area (Å²) in [5.74, 6) is 0.864. The molecule has 1 saturated carbocycles. The van der Waals surface area contributed by atoms with Crippen molar-refractivity contribution in [2.45, 2.75) is 57.9 Å². The Balaban J connectivity index is 2.17. The van der Waals surface area contributed by atoms with E-state index < -0.39 is 0 Å². The van der Waals surface area contributed by atoms with Gasteiger partial charge in [0, 0.05) is 20.8 Å². The molecule has 0 radical (unpaired) electrons. The molecule has 1 aliphatic carbocycles. The predicted molar refractivity (Wildman–Crippen MR) is 60.7 cm³/mol. The van der Waals surface area contributed by atoms with E-state index in [4.69, 9.17) is 0 Å². The van der Waals surface area contributed by atoms with E-state index in [9.17, 15) is 0 Å². The van der Waals surface area contributed by atoms with Crippen molar-refractivity contribution in [3.05, 3.63) is 16.6 Å². The molecule has 1 aromatic heterocycles. The average Bonchev–Trinajstić information content (AvgIpc) is 2.73. The zero-order valence-corrected chi connectivity index (χ0v) is 10.2. The van der Waals surface area contributed by atoms with Gasteiger partial charge in [-0.05, 0) is 18.8 Å². The van der Waals surface area contributed by atoms with Crippen molar-refractivity contribution in [1.82, 2.24) is 0 Å². The summed E-state index contributed by atoms with van der Waals surface area (Å²) in [7, 11) is 0. The highest BCUT2D eigenvalue weighted by molar-refractivity contribution is 7.09. The SMILES string of the molecule is CC(C)(C)[n+]1csc(C2CCCC2)c1. The fourth-order valence-electron chi connectivity index (χ4n) is 2.08. The Morgan fingerprint density at radius 1 is 1.29 bits per heavy atom. The van der Waals surface area contributed by atoms with Crippen LogP contribution in [0.15, 0.2) is 11.7 Å². The van der Waals surface area contributed by atoms with Crippen molar-refractivity contribution in [1.29, 1.82) is 0 Å². The van der Waals surface area contributed by atoms with Crippen LogP contribution in [0, 0.1) is 0 Å². The Bertz CT molecular complexity index is 302. The summed E-state index contributed by atoms with van der Waals surface area (Å²) in [6, 6.07) is 0. The summed E-state index contributed by atoms with van der Waals surface area (Å²) >= 11 is 1.94. The largest absolute Gasteiger partial charge is 0.225 e. The van der Waals surface area contributed by atoms with Crippen molar-refractivity contribution < 1.29 is 4.57 Å². The van der Waals surface area contributed by atoms with Gasteiger partial charge in [-0.25, -0.2) is 0 Å². The Morgan fingerprint density at radius 3 is 2.43 bits per heavy atom. The summed E-state index contributed by atoms with van der Waals surface area (Å²) in [6.07, 6.45) is 8.03. The van der Waals surface area contributed by atoms with Crippen molar-refractivity contribution in [3.8, 4) is 0 Å². The molecule has 1 nitrogen and oxygen atoms in total. The van der Waals surface area contributed by atoms with Crippen LogP contribution in [0.3, 0.4) is 0 Å². The smallest absolute Gasteiger partial charge is 0.191 e. The number of thiazole rings is 1. The fraction of sp³-hybridized carbons (Fsp3) is 0.750. The van der Waals surface area contributed by atoms with Crippen LogP contribution < -0.4 is 4.57 Å². The van der Waals surface area contributed by atoms with Gasteiger partial charge in [0.25, 0.3) is 0 Å². The van der Waals surface area contributed by atoms with Crippen molar-refractivity contribution in [2.24, 2.45) is 0 Å². The minimum absolute atomic E-state index is 0.243. The minimum atomic E-state index is 0.243. The maximum Gasteiger partial charge on any atom is 0.225 e. The summed E-state index contributed by atoms with van der Waals surface area (Å²) in [6.45, 7) is 6.79. The molecule has 0 aromatic carbocycles. The molecule has 0 bridgehead atoms. The third-order valence-corrected chi connectivity index (χ3v) is 4.14. The Hall–Kier alpha value is -0.370. The second-order valence-electron chi connectivity index (χ2n) is 5.31. The second-order valence-corrected chi connectivity index (χ2v) is 6.23. The van der Waals surface area contributed by atoms with Crippen molar-refractivity contribution >= 4 is 11.3 Å². The van der Waals surface area contributed by atoms with E-state index in [-0.39, 0.29) is 5.54 Å². The van der Waals surface area contributed by atoms with E-state index in [0.29, 0.717) is 0 Å². The zero-order chi connectivity index (χ0) is 10.2. The molecule has 14 heavy (non-hydrogen) atoms. The lowest BCUT2D eigenvalue weighted by Crippen LogP contribution is -2.48. The highest BCUT2D eigenvalue weighted by Gasteiger charge is 2.26. The molecule has 0 saturated heterocycles. The lowest BCUT2D eigenvalue weighted by molar-refractivity contribution is -0.750. The number of hydrogen-bond acceptors (Lipinski definition) is 1. The first kappa shape index (κ1) is 10.2. The van der Waals surface area contributed by atoms with Crippen LogP contribution in [0.1, 0.15) is 57.2 Å². The molecule has 1 fully saturated rings. The molecule has 0 atom stereocenters. The number of rotatable bonds is 1. The normalized spacial score (nSPS) is 19.1. The van der Waals surface area contributed by atoms with E-state index in [1.54, 1.807) is 4.88 Å². The maximum absolute atomic E-state index is 2.36. The zero-order valence-electron chi connectivity index (χ0n) is 9.42. The number of aromatic nitrogens is 1. The first-order chi connectivity index (χ1) is 6.57. The first-order valence-corrected chi connectivity index (χ1v) is 6.45. The van der Waals surface area contributed by atoms with Gasteiger partial charge < -0.3 is 0 Å². The van der Waals surface area contributed by atoms with Gasteiger partial charge in [0.15, 0.2) is 11.7 Å². The molecule has 0 amide bonds. The van der Waals surface area contributed by atoms with E-state index in [1.165, 1.54) is 25.7 Å². The van der Waals surface area contributed by atoms with E-state index >= 15 is 0 Å². The van der Waals surface area contributed by atoms with Gasteiger partial charge in [-0.15, -0.1) is 0 Å². The van der Waals surface area contributed by atoms with Crippen molar-refractivity contribution in [3.63, 3.8) is 0 Å². The summed E-state index contributed by atoms with van der Waals surface area (Å²) < 4.78 is 2.35. The van der Waals surface area contributed by atoms with E-state index in [1.807, 2.05) is 11.3 Å². The standard InChI is InChI=1S/C12H20NS/c1-12(2,3)13-8-11(14-9-13)10-6-4-5-7-10/h8-10H,4-7H2,1-3H3/q+1. The van der Waals surface area contributed by atoms with Gasteiger partial charge in [-0.1, -0.05) is 24.2 Å². The summed E-state index contributed by atoms with van der Waals surface area (Å²) in [5, 5.41) is 0. The molecule has 1 aromatic rings. The highest BCUT2D eigenvalue weighted by atomic mass is 32.1. The maximum atomic E-state index is 2.36. The third-order valence-electron chi connectivity index (χ3n) is 3.10. The molecule has 0 unspecified atom stereocenters. The summed E-state index contributed by atoms with van der Waals surface area (Å²) in [5.41, 5.74) is 2.51. The van der Waals surface area contributed by atoms with E-state index in [2.05, 4.69) is 37.0 Å². The molecule has 2 rings (SSSR count). The monoisotopic (exact) mass is 210 g/mol. The number of nitrogens with zero attached hydrogens (tertiary/aromatic N) is 1. The Labute approximate surface area is 90.8 Å². The fourth-order valence-corrected chi connectivity index (χ4v) is 3.29. The van der Waals surface area contributed by atoms with Crippen LogP contribution in [-0.4, -0.2) is 0 Å². The molecule has 78 valence electrons. The van der Waals surface area contributed by atoms with Gasteiger partial charge in [0.1, 0.15) is 0 Å². The van der Waals surface area contributed by atoms with Crippen LogP contribution in [0.25, 0.3) is 0 Å². The van der Waals surface area contributed by atoms with E-state index in [0.717, 1.165) is 5.92 Å². The molecule has 1 aliphatic rings. The first-order valence-electron chi connectivity index (χ1n) is 5.57. The Kier molecular flexibility index (Phi) is 2.65. The van der Waals surface area contributed by atoms with Gasteiger partial charge in [-0.2, -0.15) is 4.57 Å². The lowest BCUT2D eigenvalue weighted by Gasteiger charge is -2.09. The minimum Gasteiger partial charge on any atom is -0.191 e. The molecule has 0 spiro atoms. The van der Waals surface area contributed by atoms with Gasteiger partial charge in [0.05, 0.1) is 4.88 Å². The third kappa shape index (κ3) is 2.00. The molecule has 0 aliphatic heterocycles. The number of hydrogen-bond donors (Lipinski definition) is 0. The van der Waals surface area contributed by atoms with Crippen LogP contribution in [0.4, 0.5) is 0 Å². The topological polar surface area (TPSA) is 3.88 Å². The quantitative estimate of drug-likeness (QED) is 0.625. The molecule has 0 N–H and O–H groups in total. The molecule has 2 heteroatoms. The van der Waals surface area contributed by atoms with Crippen molar-refractivity contribution in [2.75, 3.05) is 0 Å². The average molecular weight is 210 g/mol. The van der Waals surface area contributed by atoms with Crippen LogP contribution in [0.2, 0.25) is 0 Å². The lowest BCUT2D eigenvalue weighted by atomic mass is 10.1. The van der Waals surface area contributed by atoms with Crippen LogP contribution in [-0.2, 0) is 5.54 Å². The van der Waals surface area contributed by atoms with Gasteiger partial charge in [-0.3, -0.25) is 0 Å². The molecular weight excluding hydrogens is 190 g/mol. The van der Waals surface area contributed by atoms with Crippen LogP contribution in [0.5, 0.6) is 0 Å². The second kappa shape index (κ2) is 3.65. The molecule has 1 heterocycles. The van der Waals surface area contributed by atoms with Gasteiger partial charge >= 0.3 is 0 Å². The van der Waals surface area contributed by atoms with Gasteiger partial charge in [0.2, 0.25) is 5.51 Å². The van der Waals surface area contributed by atoms with Crippen LogP contribution >= 0.6 is 11.3 Å². The highest BCUT2D eigenvalue weighted by Crippen LogP contribution is 2.35. The predicted octanol–water partition coefficient (Wildman–Crippen LogP) is 3.45.